The van der Waals surface area contributed by atoms with Crippen LogP contribution in [0.4, 0.5) is 0 Å². The summed E-state index contributed by atoms with van der Waals surface area (Å²) in [4.78, 5) is 36.7. The monoisotopic (exact) mass is 404 g/mol. The van der Waals surface area contributed by atoms with Gasteiger partial charge in [-0.1, -0.05) is 20.8 Å². The van der Waals surface area contributed by atoms with Crippen molar-refractivity contribution in [3.05, 3.63) is 0 Å². The third-order valence-corrected chi connectivity index (χ3v) is 9.93. The second kappa shape index (κ2) is 7.18. The molecule has 4 saturated carbocycles. The number of hydrogen-bond acceptors (Lipinski definition) is 4. The highest BCUT2D eigenvalue weighted by Crippen LogP contribution is 2.67. The van der Waals surface area contributed by atoms with Gasteiger partial charge in [0.2, 0.25) is 0 Å². The first kappa shape index (κ1) is 21.0. The van der Waals surface area contributed by atoms with Gasteiger partial charge in [-0.25, -0.2) is 0 Å². The molecule has 2 N–H and O–H groups in total. The average molecular weight is 405 g/mol. The Morgan fingerprint density at radius 2 is 1.90 bits per heavy atom. The summed E-state index contributed by atoms with van der Waals surface area (Å²) in [6, 6.07) is 0. The maximum Gasteiger partial charge on any atom is 0.303 e. The van der Waals surface area contributed by atoms with Crippen LogP contribution in [0.25, 0.3) is 0 Å². The number of carboxylic acids is 1. The molecule has 4 aliphatic carbocycles. The number of carbonyl (C=O) groups excluding carboxylic acids is 2. The zero-order valence-corrected chi connectivity index (χ0v) is 18.0. The second-order valence-electron chi connectivity index (χ2n) is 11.0. The molecule has 0 amide bonds. The van der Waals surface area contributed by atoms with Gasteiger partial charge in [0.15, 0.2) is 0 Å². The van der Waals surface area contributed by atoms with Gasteiger partial charge in [-0.15, -0.1) is 0 Å². The van der Waals surface area contributed by atoms with Crippen LogP contribution in [0.15, 0.2) is 0 Å². The first-order chi connectivity index (χ1) is 13.6. The minimum atomic E-state index is -0.778. The third kappa shape index (κ3) is 3.10. The normalized spacial score (nSPS) is 47.9. The lowest BCUT2D eigenvalue weighted by atomic mass is 9.43. The second-order valence-corrected chi connectivity index (χ2v) is 11.0. The number of Topliss-reactive ketones (excluding diaryl/α,β-unsaturated/α-hetero) is 2. The quantitative estimate of drug-likeness (QED) is 0.742. The lowest BCUT2D eigenvalue weighted by Gasteiger charge is -2.61. The molecule has 0 bridgehead atoms. The van der Waals surface area contributed by atoms with Crippen LogP contribution in [-0.2, 0) is 14.4 Å². The predicted octanol–water partition coefficient (Wildman–Crippen LogP) is 3.87. The average Bonchev–Trinajstić information content (AvgIpc) is 3.01. The van der Waals surface area contributed by atoms with Crippen LogP contribution in [0, 0.1) is 46.3 Å². The van der Waals surface area contributed by atoms with Crippen LogP contribution in [0.1, 0.15) is 78.6 Å². The summed E-state index contributed by atoms with van der Waals surface area (Å²) in [5, 5.41) is 20.3. The van der Waals surface area contributed by atoms with E-state index in [0.29, 0.717) is 43.7 Å². The summed E-state index contributed by atoms with van der Waals surface area (Å²) in [7, 11) is 0. The van der Waals surface area contributed by atoms with Crippen molar-refractivity contribution in [1.29, 1.82) is 0 Å². The number of aliphatic carboxylic acids is 1. The summed E-state index contributed by atoms with van der Waals surface area (Å²) < 4.78 is 0. The summed E-state index contributed by atoms with van der Waals surface area (Å²) in [6.07, 6.45) is 5.42. The highest BCUT2D eigenvalue weighted by atomic mass is 16.4. The Morgan fingerprint density at radius 3 is 2.59 bits per heavy atom. The van der Waals surface area contributed by atoms with Crippen LogP contribution in [0.2, 0.25) is 0 Å². The fraction of sp³-hybridized carbons (Fsp3) is 0.875. The van der Waals surface area contributed by atoms with Crippen molar-refractivity contribution in [2.24, 2.45) is 46.3 Å². The molecule has 9 atom stereocenters. The van der Waals surface area contributed by atoms with Crippen molar-refractivity contribution in [3.63, 3.8) is 0 Å². The Labute approximate surface area is 173 Å². The Balaban J connectivity index is 1.62. The van der Waals surface area contributed by atoms with Crippen LogP contribution in [0.3, 0.4) is 0 Å². The molecule has 29 heavy (non-hydrogen) atoms. The standard InChI is InChI=1S/C24H36O5/c1-13(4-7-21(28)29)16-5-6-17-22-18(12-20(27)24(16,17)3)23(2)9-8-15(25)10-14(23)11-19(22)26/h13-14,16-19,22,26H,4-12H2,1-3H3,(H,28,29)/t13-,14+,16-,17+,18+,19+,22+,23+,24-/m1/s1. The molecule has 4 fully saturated rings. The Morgan fingerprint density at radius 1 is 1.17 bits per heavy atom. The van der Waals surface area contributed by atoms with E-state index in [9.17, 15) is 19.5 Å². The highest BCUT2D eigenvalue weighted by Gasteiger charge is 2.65. The zero-order chi connectivity index (χ0) is 21.1. The molecular formula is C24H36O5. The SMILES string of the molecule is C[C@H](CCC(=O)O)[C@H]1CC[C@H]2[C@@H]3[C@@H](O)C[C@@H]4CC(=O)CC[C@]4(C)[C@H]3CC(=O)[C@]12C. The zero-order valence-electron chi connectivity index (χ0n) is 18.0. The largest absolute Gasteiger partial charge is 0.481 e. The number of fused-ring (bicyclic) bond motifs is 5. The molecule has 0 heterocycles. The van der Waals surface area contributed by atoms with Crippen LogP contribution in [-0.4, -0.2) is 33.9 Å². The number of aliphatic hydroxyl groups is 1. The van der Waals surface area contributed by atoms with Crippen LogP contribution in [0.5, 0.6) is 0 Å². The first-order valence-corrected chi connectivity index (χ1v) is 11.5. The van der Waals surface area contributed by atoms with E-state index in [1.54, 1.807) is 0 Å². The van der Waals surface area contributed by atoms with Crippen molar-refractivity contribution in [3.8, 4) is 0 Å². The molecule has 0 saturated heterocycles. The van der Waals surface area contributed by atoms with Gasteiger partial charge in [-0.05, 0) is 73.0 Å². The van der Waals surface area contributed by atoms with Crippen molar-refractivity contribution in [2.75, 3.05) is 0 Å². The van der Waals surface area contributed by atoms with Crippen molar-refractivity contribution < 1.29 is 24.6 Å². The van der Waals surface area contributed by atoms with E-state index >= 15 is 0 Å². The number of aliphatic hydroxyl groups excluding tert-OH is 1. The number of carboxylic acid groups (broad SMARTS) is 1. The van der Waals surface area contributed by atoms with E-state index in [4.69, 9.17) is 5.11 Å². The number of ketones is 2. The number of hydrogen-bond donors (Lipinski definition) is 2. The molecule has 4 rings (SSSR count). The smallest absolute Gasteiger partial charge is 0.303 e. The minimum Gasteiger partial charge on any atom is -0.481 e. The van der Waals surface area contributed by atoms with Crippen LogP contribution < -0.4 is 0 Å². The molecular weight excluding hydrogens is 368 g/mol. The molecule has 0 aliphatic heterocycles. The first-order valence-electron chi connectivity index (χ1n) is 11.5. The van der Waals surface area contributed by atoms with Gasteiger partial charge in [-0.3, -0.25) is 14.4 Å². The maximum absolute atomic E-state index is 13.6. The van der Waals surface area contributed by atoms with Crippen molar-refractivity contribution >= 4 is 17.5 Å². The van der Waals surface area contributed by atoms with E-state index < -0.39 is 17.5 Å². The van der Waals surface area contributed by atoms with Gasteiger partial charge < -0.3 is 10.2 Å². The third-order valence-electron chi connectivity index (χ3n) is 9.93. The lowest BCUT2D eigenvalue weighted by Crippen LogP contribution is -2.61. The van der Waals surface area contributed by atoms with Gasteiger partial charge in [-0.2, -0.15) is 0 Å². The molecule has 0 unspecified atom stereocenters. The van der Waals surface area contributed by atoms with Gasteiger partial charge in [0.25, 0.3) is 0 Å². The fourth-order valence-electron chi connectivity index (χ4n) is 8.22. The van der Waals surface area contributed by atoms with E-state index in [1.807, 2.05) is 0 Å². The summed E-state index contributed by atoms with van der Waals surface area (Å²) in [5.74, 6) is 0.911. The molecule has 0 aromatic heterocycles. The number of carbonyl (C=O) groups is 3. The molecule has 0 radical (unpaired) electrons. The number of rotatable bonds is 4. The molecule has 0 aromatic rings. The fourth-order valence-corrected chi connectivity index (χ4v) is 8.22. The molecule has 5 nitrogen and oxygen atoms in total. The van der Waals surface area contributed by atoms with Gasteiger partial charge in [0, 0.05) is 31.1 Å². The van der Waals surface area contributed by atoms with E-state index in [2.05, 4.69) is 20.8 Å². The summed E-state index contributed by atoms with van der Waals surface area (Å²) in [6.45, 7) is 6.48. The highest BCUT2D eigenvalue weighted by molar-refractivity contribution is 5.87. The van der Waals surface area contributed by atoms with E-state index in [-0.39, 0.29) is 47.3 Å². The molecule has 162 valence electrons. The molecule has 0 spiro atoms. The van der Waals surface area contributed by atoms with E-state index in [1.165, 1.54) is 0 Å². The van der Waals surface area contributed by atoms with Crippen molar-refractivity contribution in [1.82, 2.24) is 0 Å². The molecule has 0 aromatic carbocycles. The summed E-state index contributed by atoms with van der Waals surface area (Å²) in [5.41, 5.74) is -0.477. The lowest BCUT2D eigenvalue weighted by molar-refractivity contribution is -0.177. The van der Waals surface area contributed by atoms with Gasteiger partial charge >= 0.3 is 5.97 Å². The molecule has 5 heteroatoms. The topological polar surface area (TPSA) is 91.7 Å². The molecule has 4 aliphatic rings. The van der Waals surface area contributed by atoms with E-state index in [0.717, 1.165) is 19.3 Å². The van der Waals surface area contributed by atoms with Gasteiger partial charge in [0.1, 0.15) is 11.6 Å². The maximum atomic E-state index is 13.6. The summed E-state index contributed by atoms with van der Waals surface area (Å²) >= 11 is 0. The van der Waals surface area contributed by atoms with Crippen LogP contribution >= 0.6 is 0 Å². The predicted molar refractivity (Wildman–Crippen MR) is 108 cm³/mol. The van der Waals surface area contributed by atoms with Gasteiger partial charge in [0.05, 0.1) is 6.10 Å². The Kier molecular flexibility index (Phi) is 5.20. The minimum absolute atomic E-state index is 0.0260. The Hall–Kier alpha value is -1.23. The Bertz CT molecular complexity index is 716. The van der Waals surface area contributed by atoms with Crippen molar-refractivity contribution in [2.45, 2.75) is 84.7 Å².